The second-order valence-electron chi connectivity index (χ2n) is 5.78. The van der Waals surface area contributed by atoms with Gasteiger partial charge in [0, 0.05) is 18.1 Å². The zero-order chi connectivity index (χ0) is 20.3. The van der Waals surface area contributed by atoms with E-state index < -0.39 is 22.1 Å². The standard InChI is InChI=1S/C18H17N3O7/c1-26-14-4-3-5-15(27-2)11(14)6-7-16-19-18(28-20-16)10-8-12(21(24)25)17(23)13(22)9-10/h3-5,8-9,22-23H,6-7H2,1-2H3. The number of aryl methyl sites for hydroxylation is 1. The number of aromatic hydroxyl groups is 2. The molecule has 3 rings (SSSR count). The summed E-state index contributed by atoms with van der Waals surface area (Å²) in [5, 5.41) is 34.1. The summed E-state index contributed by atoms with van der Waals surface area (Å²) in [6, 6.07) is 7.62. The van der Waals surface area contributed by atoms with Crippen molar-refractivity contribution in [3.63, 3.8) is 0 Å². The van der Waals surface area contributed by atoms with Crippen molar-refractivity contribution in [2.24, 2.45) is 0 Å². The summed E-state index contributed by atoms with van der Waals surface area (Å²) in [7, 11) is 3.13. The first kappa shape index (κ1) is 19.0. The first-order valence-electron chi connectivity index (χ1n) is 8.17. The zero-order valence-electron chi connectivity index (χ0n) is 15.1. The van der Waals surface area contributed by atoms with Crippen LogP contribution in [0.4, 0.5) is 5.69 Å². The Hall–Kier alpha value is -3.82. The average Bonchev–Trinajstić information content (AvgIpc) is 3.16. The fraction of sp³-hybridized carbons (Fsp3) is 0.222. The summed E-state index contributed by atoms with van der Waals surface area (Å²) in [6.07, 6.45) is 0.902. The molecule has 2 aromatic carbocycles. The van der Waals surface area contributed by atoms with E-state index in [0.29, 0.717) is 30.2 Å². The second kappa shape index (κ2) is 7.82. The summed E-state index contributed by atoms with van der Waals surface area (Å²) in [4.78, 5) is 14.4. The van der Waals surface area contributed by atoms with E-state index in [1.54, 1.807) is 14.2 Å². The van der Waals surface area contributed by atoms with E-state index in [-0.39, 0.29) is 11.5 Å². The molecule has 0 amide bonds. The quantitative estimate of drug-likeness (QED) is 0.355. The van der Waals surface area contributed by atoms with Gasteiger partial charge in [-0.15, -0.1) is 0 Å². The third-order valence-electron chi connectivity index (χ3n) is 4.11. The molecule has 146 valence electrons. The molecule has 0 spiro atoms. The number of hydrogen-bond acceptors (Lipinski definition) is 9. The van der Waals surface area contributed by atoms with Crippen molar-refractivity contribution >= 4 is 5.69 Å². The van der Waals surface area contributed by atoms with Crippen LogP contribution < -0.4 is 9.47 Å². The zero-order valence-corrected chi connectivity index (χ0v) is 15.1. The Morgan fingerprint density at radius 3 is 2.43 bits per heavy atom. The van der Waals surface area contributed by atoms with Crippen molar-refractivity contribution in [2.75, 3.05) is 14.2 Å². The van der Waals surface area contributed by atoms with Crippen molar-refractivity contribution in [3.8, 4) is 34.5 Å². The van der Waals surface area contributed by atoms with Crippen LogP contribution in [-0.4, -0.2) is 39.5 Å². The lowest BCUT2D eigenvalue weighted by atomic mass is 10.1. The van der Waals surface area contributed by atoms with Crippen LogP contribution in [0.3, 0.4) is 0 Å². The van der Waals surface area contributed by atoms with Crippen molar-refractivity contribution in [3.05, 3.63) is 51.8 Å². The Labute approximate surface area is 159 Å². The van der Waals surface area contributed by atoms with Crippen LogP contribution in [0.1, 0.15) is 11.4 Å². The van der Waals surface area contributed by atoms with E-state index in [0.717, 1.165) is 17.7 Å². The monoisotopic (exact) mass is 387 g/mol. The minimum atomic E-state index is -0.822. The molecule has 10 nitrogen and oxygen atoms in total. The van der Waals surface area contributed by atoms with Crippen LogP contribution in [0.15, 0.2) is 34.9 Å². The van der Waals surface area contributed by atoms with Gasteiger partial charge < -0.3 is 24.2 Å². The number of nitro benzene ring substituents is 1. The lowest BCUT2D eigenvalue weighted by molar-refractivity contribution is -0.385. The van der Waals surface area contributed by atoms with Gasteiger partial charge >= 0.3 is 5.69 Å². The number of nitrogens with zero attached hydrogens (tertiary/aromatic N) is 3. The highest BCUT2D eigenvalue weighted by Crippen LogP contribution is 2.39. The molecule has 1 heterocycles. The van der Waals surface area contributed by atoms with Crippen LogP contribution in [0.5, 0.6) is 23.0 Å². The van der Waals surface area contributed by atoms with Crippen molar-refractivity contribution < 1.29 is 29.1 Å². The van der Waals surface area contributed by atoms with E-state index in [4.69, 9.17) is 14.0 Å². The molecule has 0 bridgehead atoms. The normalized spacial score (nSPS) is 10.6. The Kier molecular flexibility index (Phi) is 5.30. The van der Waals surface area contributed by atoms with Gasteiger partial charge in [0.15, 0.2) is 11.6 Å². The van der Waals surface area contributed by atoms with Gasteiger partial charge in [0.2, 0.25) is 5.75 Å². The maximum Gasteiger partial charge on any atom is 0.315 e. The molecule has 0 aliphatic heterocycles. The van der Waals surface area contributed by atoms with Gasteiger partial charge in [-0.1, -0.05) is 11.2 Å². The first-order chi connectivity index (χ1) is 13.4. The van der Waals surface area contributed by atoms with Gasteiger partial charge in [-0.05, 0) is 24.6 Å². The number of nitro groups is 1. The fourth-order valence-corrected chi connectivity index (χ4v) is 2.75. The van der Waals surface area contributed by atoms with Crippen LogP contribution in [-0.2, 0) is 12.8 Å². The molecule has 0 radical (unpaired) electrons. The Bertz CT molecular complexity index is 994. The molecule has 10 heteroatoms. The summed E-state index contributed by atoms with van der Waals surface area (Å²) in [5.74, 6) is 0.210. The van der Waals surface area contributed by atoms with Gasteiger partial charge in [-0.25, -0.2) is 0 Å². The summed E-state index contributed by atoms with van der Waals surface area (Å²) >= 11 is 0. The van der Waals surface area contributed by atoms with Gasteiger partial charge in [0.05, 0.1) is 24.7 Å². The lowest BCUT2D eigenvalue weighted by Crippen LogP contribution is -2.00. The molecule has 0 aliphatic carbocycles. The third kappa shape index (κ3) is 3.65. The Morgan fingerprint density at radius 1 is 1.14 bits per heavy atom. The lowest BCUT2D eigenvalue weighted by Gasteiger charge is -2.11. The number of hydrogen-bond donors (Lipinski definition) is 2. The van der Waals surface area contributed by atoms with Crippen LogP contribution >= 0.6 is 0 Å². The predicted molar refractivity (Wildman–Crippen MR) is 96.7 cm³/mol. The van der Waals surface area contributed by atoms with Crippen LogP contribution in [0.25, 0.3) is 11.5 Å². The SMILES string of the molecule is COc1cccc(OC)c1CCc1noc(-c2cc(O)c(O)c([N+](=O)[O-])c2)n1. The average molecular weight is 387 g/mol. The first-order valence-corrected chi connectivity index (χ1v) is 8.17. The molecule has 2 N–H and O–H groups in total. The molecule has 0 aliphatic rings. The molecule has 0 atom stereocenters. The highest BCUT2D eigenvalue weighted by molar-refractivity contribution is 5.67. The maximum absolute atomic E-state index is 11.0. The molecule has 1 aromatic heterocycles. The topological polar surface area (TPSA) is 141 Å². The predicted octanol–water partition coefficient (Wildman–Crippen LogP) is 2.86. The smallest absolute Gasteiger partial charge is 0.315 e. The number of benzene rings is 2. The van der Waals surface area contributed by atoms with Gasteiger partial charge in [-0.3, -0.25) is 10.1 Å². The fourth-order valence-electron chi connectivity index (χ4n) is 2.75. The number of rotatable bonds is 7. The number of phenolic OH excluding ortho intramolecular Hbond substituents is 2. The molecular formula is C18H17N3O7. The van der Waals surface area contributed by atoms with Crippen LogP contribution in [0.2, 0.25) is 0 Å². The largest absolute Gasteiger partial charge is 0.504 e. The third-order valence-corrected chi connectivity index (χ3v) is 4.11. The highest BCUT2D eigenvalue weighted by Gasteiger charge is 2.22. The summed E-state index contributed by atoms with van der Waals surface area (Å²) in [5.41, 5.74) is 0.306. The second-order valence-corrected chi connectivity index (χ2v) is 5.78. The molecule has 0 unspecified atom stereocenters. The van der Waals surface area contributed by atoms with Crippen molar-refractivity contribution in [1.82, 2.24) is 10.1 Å². The minimum absolute atomic E-state index is 0.0135. The van der Waals surface area contributed by atoms with Crippen molar-refractivity contribution in [1.29, 1.82) is 0 Å². The van der Waals surface area contributed by atoms with Gasteiger partial charge in [-0.2, -0.15) is 4.98 Å². The number of phenols is 2. The highest BCUT2D eigenvalue weighted by atomic mass is 16.6. The van der Waals surface area contributed by atoms with Gasteiger partial charge in [0.1, 0.15) is 11.5 Å². The van der Waals surface area contributed by atoms with E-state index in [9.17, 15) is 20.3 Å². The van der Waals surface area contributed by atoms with E-state index in [1.165, 1.54) is 0 Å². The maximum atomic E-state index is 11.0. The number of methoxy groups -OCH3 is 2. The van der Waals surface area contributed by atoms with Gasteiger partial charge in [0.25, 0.3) is 5.89 Å². The molecule has 0 fully saturated rings. The van der Waals surface area contributed by atoms with E-state index in [1.807, 2.05) is 18.2 Å². The molecule has 0 saturated carbocycles. The molecule has 3 aromatic rings. The van der Waals surface area contributed by atoms with E-state index >= 15 is 0 Å². The minimum Gasteiger partial charge on any atom is -0.504 e. The van der Waals surface area contributed by atoms with Crippen molar-refractivity contribution in [2.45, 2.75) is 12.8 Å². The van der Waals surface area contributed by atoms with E-state index in [2.05, 4.69) is 10.1 Å². The molecule has 28 heavy (non-hydrogen) atoms. The summed E-state index contributed by atoms with van der Waals surface area (Å²) < 4.78 is 15.8. The summed E-state index contributed by atoms with van der Waals surface area (Å²) in [6.45, 7) is 0. The number of aromatic nitrogens is 2. The number of ether oxygens (including phenoxy) is 2. The Morgan fingerprint density at radius 2 is 1.82 bits per heavy atom. The molecular weight excluding hydrogens is 370 g/mol. The molecule has 0 saturated heterocycles. The van der Waals surface area contributed by atoms with Crippen LogP contribution in [0, 0.1) is 10.1 Å². The Balaban J connectivity index is 1.84.